The van der Waals surface area contributed by atoms with Crippen LogP contribution in [0.1, 0.15) is 15.9 Å². The van der Waals surface area contributed by atoms with Gasteiger partial charge in [-0.25, -0.2) is 14.2 Å². The van der Waals surface area contributed by atoms with Crippen LogP contribution in [-0.4, -0.2) is 55.2 Å². The standard InChI is InChI=1S/C23H20FN5O4/c24-18-10-17(11-19-21(18)26-28-25-19)22(31)27-29(13-20(30)23(32)33)12-14-6-8-16(9-7-14)15-4-2-1-3-5-15/h1-11,20,30H,12-13H2,(H,27,31)(H,32,33)(H,25,26,28)/t20-/m0/s1. The van der Waals surface area contributed by atoms with Crippen molar-refractivity contribution < 1.29 is 24.2 Å². The third kappa shape index (κ3) is 5.20. The molecule has 168 valence electrons. The van der Waals surface area contributed by atoms with Crippen LogP contribution in [0.3, 0.4) is 0 Å². The highest BCUT2D eigenvalue weighted by atomic mass is 19.1. The van der Waals surface area contributed by atoms with Crippen LogP contribution >= 0.6 is 0 Å². The second-order valence-electron chi connectivity index (χ2n) is 7.39. The number of fused-ring (bicyclic) bond motifs is 1. The van der Waals surface area contributed by atoms with E-state index in [2.05, 4.69) is 20.8 Å². The molecule has 0 bridgehead atoms. The van der Waals surface area contributed by atoms with Gasteiger partial charge in [-0.3, -0.25) is 10.2 Å². The van der Waals surface area contributed by atoms with Crippen molar-refractivity contribution in [2.75, 3.05) is 6.54 Å². The zero-order chi connectivity index (χ0) is 23.4. The summed E-state index contributed by atoms with van der Waals surface area (Å²) in [7, 11) is 0. The summed E-state index contributed by atoms with van der Waals surface area (Å²) in [5, 5.41) is 29.9. The smallest absolute Gasteiger partial charge is 0.333 e. The Morgan fingerprint density at radius 3 is 2.42 bits per heavy atom. The first kappa shape index (κ1) is 22.1. The maximum absolute atomic E-state index is 14.2. The fraction of sp³-hybridized carbons (Fsp3) is 0.130. The Kier molecular flexibility index (Phi) is 6.38. The Hall–Kier alpha value is -4.15. The van der Waals surface area contributed by atoms with Crippen molar-refractivity contribution in [1.82, 2.24) is 25.8 Å². The lowest BCUT2D eigenvalue weighted by atomic mass is 10.0. The summed E-state index contributed by atoms with van der Waals surface area (Å²) in [4.78, 5) is 23.9. The number of aromatic amines is 1. The molecule has 0 saturated heterocycles. The molecular weight excluding hydrogens is 429 g/mol. The molecule has 1 aromatic heterocycles. The van der Waals surface area contributed by atoms with E-state index in [0.717, 1.165) is 22.8 Å². The lowest BCUT2D eigenvalue weighted by Crippen LogP contribution is -2.47. The predicted octanol–water partition coefficient (Wildman–Crippen LogP) is 2.36. The number of hydrazine groups is 1. The molecule has 10 heteroatoms. The number of hydrogen-bond donors (Lipinski definition) is 4. The number of H-pyrrole nitrogens is 1. The summed E-state index contributed by atoms with van der Waals surface area (Å²) in [6.07, 6.45) is -1.73. The zero-order valence-corrected chi connectivity index (χ0v) is 17.3. The van der Waals surface area contributed by atoms with Crippen LogP contribution in [0.5, 0.6) is 0 Å². The van der Waals surface area contributed by atoms with Crippen molar-refractivity contribution in [3.05, 3.63) is 83.7 Å². The SMILES string of the molecule is O=C(NN(Cc1ccc(-c2ccccc2)cc1)C[C@H](O)C(=O)O)c1cc(F)c2n[nH]nc2c1. The van der Waals surface area contributed by atoms with E-state index in [0.29, 0.717) is 0 Å². The zero-order valence-electron chi connectivity index (χ0n) is 17.3. The van der Waals surface area contributed by atoms with Crippen LogP contribution in [0.2, 0.25) is 0 Å². The normalized spacial score (nSPS) is 12.1. The van der Waals surface area contributed by atoms with Gasteiger partial charge in [-0.05, 0) is 28.8 Å². The lowest BCUT2D eigenvalue weighted by molar-refractivity contribution is -0.148. The topological polar surface area (TPSA) is 131 Å². The largest absolute Gasteiger partial charge is 0.479 e. The van der Waals surface area contributed by atoms with E-state index in [1.807, 2.05) is 54.6 Å². The average molecular weight is 449 g/mol. The quantitative estimate of drug-likeness (QED) is 0.304. The molecule has 1 amide bonds. The number of aliphatic hydroxyl groups is 1. The molecule has 0 aliphatic rings. The van der Waals surface area contributed by atoms with Crippen molar-refractivity contribution in [3.8, 4) is 11.1 Å². The van der Waals surface area contributed by atoms with Crippen LogP contribution in [-0.2, 0) is 11.3 Å². The molecule has 33 heavy (non-hydrogen) atoms. The maximum Gasteiger partial charge on any atom is 0.333 e. The summed E-state index contributed by atoms with van der Waals surface area (Å²) in [6.45, 7) is -0.268. The van der Waals surface area contributed by atoms with Crippen LogP contribution in [0.25, 0.3) is 22.2 Å². The number of benzene rings is 3. The Morgan fingerprint density at radius 2 is 1.73 bits per heavy atom. The summed E-state index contributed by atoms with van der Waals surface area (Å²) in [5.74, 6) is -2.83. The number of carbonyl (C=O) groups excluding carboxylic acids is 1. The van der Waals surface area contributed by atoms with Crippen molar-refractivity contribution in [2.24, 2.45) is 0 Å². The van der Waals surface area contributed by atoms with E-state index in [-0.39, 0.29) is 29.7 Å². The molecular formula is C23H20FN5O4. The Labute approximate surface area is 187 Å². The number of carboxylic acid groups (broad SMARTS) is 1. The van der Waals surface area contributed by atoms with Crippen LogP contribution < -0.4 is 5.43 Å². The number of carboxylic acids is 1. The number of aromatic nitrogens is 3. The predicted molar refractivity (Wildman–Crippen MR) is 117 cm³/mol. The molecule has 0 unspecified atom stereocenters. The van der Waals surface area contributed by atoms with Gasteiger partial charge in [0.1, 0.15) is 11.0 Å². The fourth-order valence-electron chi connectivity index (χ4n) is 3.34. The third-order valence-electron chi connectivity index (χ3n) is 5.01. The first-order valence-electron chi connectivity index (χ1n) is 10.0. The number of halogens is 1. The molecule has 0 aliphatic carbocycles. The molecule has 0 saturated carbocycles. The van der Waals surface area contributed by atoms with Gasteiger partial charge in [-0.2, -0.15) is 15.4 Å². The lowest BCUT2D eigenvalue weighted by Gasteiger charge is -2.24. The van der Waals surface area contributed by atoms with Gasteiger partial charge in [0.15, 0.2) is 11.9 Å². The number of aliphatic carboxylic acids is 1. The Bertz CT molecular complexity index is 1280. The van der Waals surface area contributed by atoms with E-state index in [1.54, 1.807) is 0 Å². The molecule has 0 spiro atoms. The van der Waals surface area contributed by atoms with E-state index >= 15 is 0 Å². The first-order valence-corrected chi connectivity index (χ1v) is 10.0. The number of aliphatic hydroxyl groups excluding tert-OH is 1. The molecule has 4 rings (SSSR count). The van der Waals surface area contributed by atoms with Gasteiger partial charge in [-0.1, -0.05) is 54.6 Å². The number of nitrogens with one attached hydrogen (secondary N) is 2. The fourth-order valence-corrected chi connectivity index (χ4v) is 3.34. The van der Waals surface area contributed by atoms with Gasteiger partial charge >= 0.3 is 5.97 Å². The summed E-state index contributed by atoms with van der Waals surface area (Å²) >= 11 is 0. The molecule has 0 fully saturated rings. The van der Waals surface area contributed by atoms with Gasteiger partial charge in [0.2, 0.25) is 0 Å². The summed E-state index contributed by atoms with van der Waals surface area (Å²) < 4.78 is 14.2. The summed E-state index contributed by atoms with van der Waals surface area (Å²) in [6, 6.07) is 19.6. The number of carbonyl (C=O) groups is 2. The molecule has 4 N–H and O–H groups in total. The van der Waals surface area contributed by atoms with E-state index in [9.17, 15) is 19.1 Å². The van der Waals surface area contributed by atoms with Gasteiger partial charge in [-0.15, -0.1) is 0 Å². The molecule has 4 aromatic rings. The van der Waals surface area contributed by atoms with Gasteiger partial charge in [0, 0.05) is 12.1 Å². The van der Waals surface area contributed by atoms with Gasteiger partial charge in [0.05, 0.1) is 6.54 Å². The molecule has 3 aromatic carbocycles. The maximum atomic E-state index is 14.2. The average Bonchev–Trinajstić information content (AvgIpc) is 3.29. The molecule has 1 atom stereocenters. The van der Waals surface area contributed by atoms with Crippen LogP contribution in [0.15, 0.2) is 66.7 Å². The van der Waals surface area contributed by atoms with Crippen molar-refractivity contribution in [2.45, 2.75) is 12.6 Å². The highest BCUT2D eigenvalue weighted by Crippen LogP contribution is 2.20. The van der Waals surface area contributed by atoms with E-state index in [4.69, 9.17) is 5.11 Å². The van der Waals surface area contributed by atoms with Gasteiger partial charge in [0.25, 0.3) is 5.91 Å². The van der Waals surface area contributed by atoms with Crippen LogP contribution in [0, 0.1) is 5.82 Å². The van der Waals surface area contributed by atoms with E-state index in [1.165, 1.54) is 11.1 Å². The molecule has 1 heterocycles. The number of rotatable bonds is 8. The second-order valence-corrected chi connectivity index (χ2v) is 7.39. The minimum Gasteiger partial charge on any atom is -0.479 e. The van der Waals surface area contributed by atoms with Crippen molar-refractivity contribution >= 4 is 22.9 Å². The van der Waals surface area contributed by atoms with Crippen molar-refractivity contribution in [1.29, 1.82) is 0 Å². The monoisotopic (exact) mass is 449 g/mol. The van der Waals surface area contributed by atoms with Crippen molar-refractivity contribution in [3.63, 3.8) is 0 Å². The molecule has 9 nitrogen and oxygen atoms in total. The summed E-state index contributed by atoms with van der Waals surface area (Å²) in [5.41, 5.74) is 5.51. The molecule has 0 radical (unpaired) electrons. The highest BCUT2D eigenvalue weighted by molar-refractivity contribution is 5.97. The minimum absolute atomic E-state index is 0.00297. The Morgan fingerprint density at radius 1 is 1.03 bits per heavy atom. The van der Waals surface area contributed by atoms with E-state index < -0.39 is 23.8 Å². The molecule has 0 aliphatic heterocycles. The van der Waals surface area contributed by atoms with Gasteiger partial charge < -0.3 is 10.2 Å². The number of hydrogen-bond acceptors (Lipinski definition) is 6. The minimum atomic E-state index is -1.73. The number of amides is 1. The Balaban J connectivity index is 1.53. The highest BCUT2D eigenvalue weighted by Gasteiger charge is 2.21. The van der Waals surface area contributed by atoms with Crippen LogP contribution in [0.4, 0.5) is 4.39 Å². The first-order chi connectivity index (χ1) is 15.9. The second kappa shape index (κ2) is 9.55. The third-order valence-corrected chi connectivity index (χ3v) is 5.01. The number of nitrogens with zero attached hydrogens (tertiary/aromatic N) is 3.